The van der Waals surface area contributed by atoms with Crippen molar-refractivity contribution in [1.29, 1.82) is 0 Å². The number of anilines is 1. The molecule has 0 radical (unpaired) electrons. The third-order valence-corrected chi connectivity index (χ3v) is 11.0. The second-order valence-corrected chi connectivity index (χ2v) is 17.8. The molecule has 184 valence electrons. The van der Waals surface area contributed by atoms with Crippen molar-refractivity contribution < 1.29 is 4.52 Å². The maximum Gasteiger partial charge on any atom is 0.158 e. The largest absolute Gasteiger partial charge is 0.336 e. The summed E-state index contributed by atoms with van der Waals surface area (Å²) in [5, 5.41) is 3.69. The molecule has 1 unspecified atom stereocenters. The molecule has 0 aliphatic heterocycles. The van der Waals surface area contributed by atoms with Crippen molar-refractivity contribution in [3.05, 3.63) is 64.7 Å². The zero-order chi connectivity index (χ0) is 25.5. The Balaban J connectivity index is 2.72. The lowest BCUT2D eigenvalue weighted by Gasteiger charge is -2.40. The second kappa shape index (κ2) is 9.48. The third-order valence-electron chi connectivity index (χ3n) is 6.02. The lowest BCUT2D eigenvalue weighted by molar-refractivity contribution is 0.330. The summed E-state index contributed by atoms with van der Waals surface area (Å²) in [4.78, 5) is 0. The minimum atomic E-state index is -2.46. The van der Waals surface area contributed by atoms with Crippen molar-refractivity contribution in [1.82, 2.24) is 0 Å². The van der Waals surface area contributed by atoms with Crippen LogP contribution in [0.25, 0.3) is 0 Å². The molecule has 1 N–H and O–H groups in total. The smallest absolute Gasteiger partial charge is 0.158 e. The van der Waals surface area contributed by atoms with Crippen LogP contribution in [0.3, 0.4) is 0 Å². The SMILES string of the molecule is CC(C)(C)c1cc(C(C)(C)C)c(NP(=S)(OCc2ccccc2)C(C)(C)C)c(C(C)(C)C)c1. The number of hydrogen-bond donors (Lipinski definition) is 1. The highest BCUT2D eigenvalue weighted by Crippen LogP contribution is 2.60. The fourth-order valence-electron chi connectivity index (χ4n) is 3.66. The van der Waals surface area contributed by atoms with Crippen molar-refractivity contribution >= 4 is 23.9 Å². The van der Waals surface area contributed by atoms with Gasteiger partial charge in [-0.15, -0.1) is 0 Å². The van der Waals surface area contributed by atoms with E-state index in [9.17, 15) is 0 Å². The summed E-state index contributed by atoms with van der Waals surface area (Å²) in [6.07, 6.45) is -2.46. The molecule has 0 aliphatic carbocycles. The molecular formula is C29H46NOPS. The van der Waals surface area contributed by atoms with Gasteiger partial charge in [0.15, 0.2) is 6.42 Å². The van der Waals surface area contributed by atoms with Gasteiger partial charge in [0.2, 0.25) is 0 Å². The zero-order valence-electron chi connectivity index (χ0n) is 23.0. The van der Waals surface area contributed by atoms with Gasteiger partial charge in [-0.1, -0.05) is 126 Å². The van der Waals surface area contributed by atoms with E-state index in [-0.39, 0.29) is 21.4 Å². The van der Waals surface area contributed by atoms with Crippen molar-refractivity contribution in [3.8, 4) is 0 Å². The normalized spacial score (nSPS) is 15.3. The van der Waals surface area contributed by atoms with Gasteiger partial charge in [-0.2, -0.15) is 0 Å². The van der Waals surface area contributed by atoms with E-state index in [0.717, 1.165) is 11.3 Å². The van der Waals surface area contributed by atoms with Gasteiger partial charge < -0.3 is 9.61 Å². The van der Waals surface area contributed by atoms with Crippen molar-refractivity contribution in [2.24, 2.45) is 0 Å². The van der Waals surface area contributed by atoms with Crippen molar-refractivity contribution in [2.45, 2.75) is 111 Å². The van der Waals surface area contributed by atoms with Crippen LogP contribution in [0.2, 0.25) is 0 Å². The Hall–Kier alpha value is -1.15. The summed E-state index contributed by atoms with van der Waals surface area (Å²) < 4.78 is 6.63. The summed E-state index contributed by atoms with van der Waals surface area (Å²) in [5.74, 6) is 0. The molecule has 0 fully saturated rings. The summed E-state index contributed by atoms with van der Waals surface area (Å²) in [7, 11) is 0. The molecule has 0 bridgehead atoms. The van der Waals surface area contributed by atoms with Crippen LogP contribution >= 0.6 is 6.42 Å². The monoisotopic (exact) mass is 487 g/mol. The molecule has 0 heterocycles. The molecule has 0 aromatic heterocycles. The average Bonchev–Trinajstić information content (AvgIpc) is 2.63. The molecule has 33 heavy (non-hydrogen) atoms. The van der Waals surface area contributed by atoms with E-state index in [4.69, 9.17) is 16.3 Å². The molecule has 0 spiro atoms. The van der Waals surface area contributed by atoms with Gasteiger partial charge in [-0.3, -0.25) is 0 Å². The van der Waals surface area contributed by atoms with Crippen LogP contribution in [-0.2, 0) is 39.2 Å². The van der Waals surface area contributed by atoms with Crippen LogP contribution in [0.5, 0.6) is 0 Å². The quantitative estimate of drug-likeness (QED) is 0.425. The lowest BCUT2D eigenvalue weighted by Crippen LogP contribution is -2.27. The Kier molecular flexibility index (Phi) is 8.07. The number of nitrogens with one attached hydrogen (secondary N) is 1. The maximum atomic E-state index is 6.63. The van der Waals surface area contributed by atoms with E-state index in [2.05, 4.69) is 112 Å². The Morgan fingerprint density at radius 2 is 1.18 bits per heavy atom. The Labute approximate surface area is 209 Å². The summed E-state index contributed by atoms with van der Waals surface area (Å²) >= 11 is 6.37. The first kappa shape index (κ1) is 28.1. The van der Waals surface area contributed by atoms with Crippen LogP contribution in [0.15, 0.2) is 42.5 Å². The summed E-state index contributed by atoms with van der Waals surface area (Å²) in [5.41, 5.74) is 6.26. The predicted octanol–water partition coefficient (Wildman–Crippen LogP) is 9.32. The average molecular weight is 488 g/mol. The van der Waals surface area contributed by atoms with Crippen molar-refractivity contribution in [3.63, 3.8) is 0 Å². The maximum absolute atomic E-state index is 6.63. The summed E-state index contributed by atoms with van der Waals surface area (Å²) in [6.45, 7) is 27.7. The highest BCUT2D eigenvalue weighted by molar-refractivity contribution is 8.13. The van der Waals surface area contributed by atoms with Crippen LogP contribution in [-0.4, -0.2) is 5.16 Å². The van der Waals surface area contributed by atoms with Gasteiger partial charge in [0.1, 0.15) is 0 Å². The topological polar surface area (TPSA) is 21.3 Å². The number of rotatable bonds is 5. The molecule has 4 heteroatoms. The van der Waals surface area contributed by atoms with E-state index in [1.54, 1.807) is 0 Å². The standard InChI is InChI=1S/C29H46NOPS/c1-26(2,3)22-18-23(27(4,5)6)25(24(19-22)28(7,8)9)30-32(33,29(10,11)12)31-20-21-16-14-13-15-17-21/h13-19H,20H2,1-12H3,(H,30,33). The first-order valence-corrected chi connectivity index (χ1v) is 14.7. The molecule has 1 atom stereocenters. The Morgan fingerprint density at radius 3 is 1.55 bits per heavy atom. The van der Waals surface area contributed by atoms with Crippen LogP contribution in [0.4, 0.5) is 5.69 Å². The molecule has 0 amide bonds. The molecule has 0 saturated heterocycles. The Bertz CT molecular complexity index is 964. The van der Waals surface area contributed by atoms with E-state index in [0.29, 0.717) is 6.61 Å². The second-order valence-electron chi connectivity index (χ2n) is 13.3. The molecule has 2 aromatic rings. The highest BCUT2D eigenvalue weighted by Gasteiger charge is 2.37. The van der Waals surface area contributed by atoms with Gasteiger partial charge in [-0.25, -0.2) is 0 Å². The number of benzene rings is 2. The Morgan fingerprint density at radius 1 is 0.727 bits per heavy atom. The lowest BCUT2D eigenvalue weighted by atomic mass is 9.74. The minimum Gasteiger partial charge on any atom is -0.336 e. The molecule has 0 aliphatic rings. The van der Waals surface area contributed by atoms with Crippen LogP contribution in [0.1, 0.15) is 105 Å². The summed E-state index contributed by atoms with van der Waals surface area (Å²) in [6, 6.07) is 15.1. The molecule has 2 nitrogen and oxygen atoms in total. The van der Waals surface area contributed by atoms with Gasteiger partial charge in [-0.05, 0) is 50.3 Å². The van der Waals surface area contributed by atoms with Crippen LogP contribution < -0.4 is 5.09 Å². The fourth-order valence-corrected chi connectivity index (χ4v) is 5.74. The van der Waals surface area contributed by atoms with E-state index < -0.39 is 6.42 Å². The van der Waals surface area contributed by atoms with Gasteiger partial charge in [0.05, 0.1) is 6.61 Å². The zero-order valence-corrected chi connectivity index (χ0v) is 24.7. The molecule has 2 rings (SSSR count). The van der Waals surface area contributed by atoms with Gasteiger partial charge >= 0.3 is 0 Å². The van der Waals surface area contributed by atoms with Crippen LogP contribution in [0, 0.1) is 0 Å². The van der Waals surface area contributed by atoms with E-state index >= 15 is 0 Å². The van der Waals surface area contributed by atoms with Gasteiger partial charge in [0, 0.05) is 10.8 Å². The molecule has 0 saturated carbocycles. The minimum absolute atomic E-state index is 0.0406. The first-order chi connectivity index (χ1) is 14.8. The van der Waals surface area contributed by atoms with E-state index in [1.807, 2.05) is 18.2 Å². The fraction of sp³-hybridized carbons (Fsp3) is 0.586. The van der Waals surface area contributed by atoms with Crippen molar-refractivity contribution in [2.75, 3.05) is 5.09 Å². The highest BCUT2D eigenvalue weighted by atomic mass is 32.4. The molecule has 2 aromatic carbocycles. The number of hydrogen-bond acceptors (Lipinski definition) is 2. The molecular weight excluding hydrogens is 441 g/mol. The third kappa shape index (κ3) is 6.93. The first-order valence-electron chi connectivity index (χ1n) is 12.0. The van der Waals surface area contributed by atoms with E-state index in [1.165, 1.54) is 16.7 Å². The predicted molar refractivity (Wildman–Crippen MR) is 151 cm³/mol. The van der Waals surface area contributed by atoms with Gasteiger partial charge in [0.25, 0.3) is 0 Å².